The zero-order valence-corrected chi connectivity index (χ0v) is 17.9. The van der Waals surface area contributed by atoms with Crippen LogP contribution < -0.4 is 27.1 Å². The van der Waals surface area contributed by atoms with E-state index in [-0.39, 0.29) is 35.3 Å². The van der Waals surface area contributed by atoms with Crippen LogP contribution >= 0.6 is 23.4 Å². The molecule has 3 aromatic rings. The van der Waals surface area contributed by atoms with Crippen molar-refractivity contribution in [2.75, 3.05) is 17.2 Å². The van der Waals surface area contributed by atoms with Crippen LogP contribution in [0.2, 0.25) is 5.02 Å². The van der Waals surface area contributed by atoms with Gasteiger partial charge in [-0.15, -0.1) is 11.8 Å². The highest BCUT2D eigenvalue weighted by atomic mass is 35.5. The molecule has 0 aliphatic carbocycles. The molecule has 10 nitrogen and oxygen atoms in total. The molecule has 0 saturated carbocycles. The Bertz CT molecular complexity index is 1370. The topological polar surface area (TPSA) is 153 Å². The van der Waals surface area contributed by atoms with Gasteiger partial charge in [-0.1, -0.05) is 17.7 Å². The van der Waals surface area contributed by atoms with Crippen molar-refractivity contribution >= 4 is 63.2 Å². The van der Waals surface area contributed by atoms with Crippen molar-refractivity contribution < 1.29 is 14.4 Å². The lowest BCUT2D eigenvalue weighted by atomic mass is 10.1. The van der Waals surface area contributed by atoms with Gasteiger partial charge in [0.25, 0.3) is 11.1 Å². The Kier molecular flexibility index (Phi) is 6.01. The van der Waals surface area contributed by atoms with E-state index < -0.39 is 28.2 Å². The number of thioether (sulfide) groups is 1. The van der Waals surface area contributed by atoms with Gasteiger partial charge in [-0.2, -0.15) is 0 Å². The van der Waals surface area contributed by atoms with Crippen molar-refractivity contribution in [2.45, 2.75) is 16.6 Å². The van der Waals surface area contributed by atoms with Gasteiger partial charge in [0.1, 0.15) is 0 Å². The Labute approximate surface area is 189 Å². The maximum absolute atomic E-state index is 12.3. The summed E-state index contributed by atoms with van der Waals surface area (Å²) in [4.78, 5) is 61.6. The van der Waals surface area contributed by atoms with Crippen LogP contribution in [0.4, 0.5) is 11.4 Å². The number of aromatic amines is 2. The number of carbonyl (C=O) groups excluding carboxylic acids is 3. The minimum Gasteiger partial charge on any atom is -0.347 e. The van der Waals surface area contributed by atoms with E-state index in [0.29, 0.717) is 10.7 Å². The fraction of sp³-hybridized carbons (Fsp3) is 0.150. The van der Waals surface area contributed by atoms with E-state index in [0.717, 1.165) is 4.90 Å². The first-order chi connectivity index (χ1) is 15.3. The largest absolute Gasteiger partial charge is 0.347 e. The van der Waals surface area contributed by atoms with Crippen LogP contribution in [0.5, 0.6) is 0 Å². The molecular weight excluding hydrogens is 458 g/mol. The number of amides is 3. The van der Waals surface area contributed by atoms with Gasteiger partial charge in [0.05, 0.1) is 33.9 Å². The van der Waals surface area contributed by atoms with Crippen molar-refractivity contribution in [3.63, 3.8) is 0 Å². The van der Waals surface area contributed by atoms with Gasteiger partial charge in [-0.05, 0) is 30.3 Å². The molecule has 164 valence electrons. The van der Waals surface area contributed by atoms with Crippen LogP contribution in [-0.2, 0) is 14.4 Å². The van der Waals surface area contributed by atoms with Crippen molar-refractivity contribution in [3.05, 3.63) is 62.1 Å². The highest BCUT2D eigenvalue weighted by molar-refractivity contribution is 8.01. The summed E-state index contributed by atoms with van der Waals surface area (Å²) in [5, 5.41) is 12.1. The molecule has 0 spiro atoms. The van der Waals surface area contributed by atoms with Crippen LogP contribution in [0.15, 0.2) is 50.9 Å². The maximum Gasteiger partial charge on any atom is 0.272 e. The van der Waals surface area contributed by atoms with Crippen molar-refractivity contribution in [2.24, 2.45) is 0 Å². The van der Waals surface area contributed by atoms with E-state index in [2.05, 4.69) is 26.1 Å². The zero-order valence-electron chi connectivity index (χ0n) is 16.3. The molecule has 32 heavy (non-hydrogen) atoms. The van der Waals surface area contributed by atoms with Gasteiger partial charge in [-0.25, -0.2) is 0 Å². The molecule has 1 aliphatic heterocycles. The summed E-state index contributed by atoms with van der Waals surface area (Å²) >= 11 is 7.16. The lowest BCUT2D eigenvalue weighted by Crippen LogP contribution is -2.38. The minimum atomic E-state index is -0.657. The maximum atomic E-state index is 12.3. The molecule has 0 bridgehead atoms. The molecular formula is C20H16ClN5O5S. The number of benzene rings is 2. The van der Waals surface area contributed by atoms with E-state index in [1.807, 2.05) is 0 Å². The number of rotatable bonds is 5. The molecule has 1 aliphatic rings. The molecule has 2 aromatic carbocycles. The molecule has 1 atom stereocenters. The summed E-state index contributed by atoms with van der Waals surface area (Å²) < 4.78 is 0. The summed E-state index contributed by atoms with van der Waals surface area (Å²) in [5.74, 6) is -1.41. The van der Waals surface area contributed by atoms with Gasteiger partial charge < -0.3 is 16.0 Å². The second kappa shape index (κ2) is 8.89. The quantitative estimate of drug-likeness (QED) is 0.378. The number of hydrogen-bond donors (Lipinski definition) is 5. The molecule has 4 rings (SSSR count). The van der Waals surface area contributed by atoms with E-state index >= 15 is 0 Å². The first-order valence-electron chi connectivity index (χ1n) is 9.39. The molecule has 1 unspecified atom stereocenters. The normalized spacial score (nSPS) is 15.0. The smallest absolute Gasteiger partial charge is 0.272 e. The Morgan fingerprint density at radius 3 is 2.62 bits per heavy atom. The highest BCUT2D eigenvalue weighted by Crippen LogP contribution is 2.38. The predicted molar refractivity (Wildman–Crippen MR) is 121 cm³/mol. The number of anilines is 2. The molecule has 0 fully saturated rings. The van der Waals surface area contributed by atoms with Crippen molar-refractivity contribution in [1.82, 2.24) is 15.5 Å². The average Bonchev–Trinajstić information content (AvgIpc) is 2.76. The van der Waals surface area contributed by atoms with E-state index in [1.165, 1.54) is 30.0 Å². The van der Waals surface area contributed by atoms with Gasteiger partial charge in [0.15, 0.2) is 0 Å². The van der Waals surface area contributed by atoms with Crippen LogP contribution in [0.1, 0.15) is 6.42 Å². The number of H-pyrrole nitrogens is 2. The van der Waals surface area contributed by atoms with Crippen LogP contribution in [-0.4, -0.2) is 39.7 Å². The number of fused-ring (bicyclic) bond motifs is 2. The lowest BCUT2D eigenvalue weighted by molar-refractivity contribution is -0.125. The zero-order chi connectivity index (χ0) is 22.8. The number of nitrogens with one attached hydrogen (secondary N) is 5. The Balaban J connectivity index is 1.36. The summed E-state index contributed by atoms with van der Waals surface area (Å²) in [5.41, 5.74) is -0.337. The Hall–Kier alpha value is -3.57. The molecule has 0 radical (unpaired) electrons. The van der Waals surface area contributed by atoms with Gasteiger partial charge in [0.2, 0.25) is 17.7 Å². The number of carbonyl (C=O) groups is 3. The van der Waals surface area contributed by atoms with E-state index in [4.69, 9.17) is 11.6 Å². The number of hydrogen-bond acceptors (Lipinski definition) is 6. The van der Waals surface area contributed by atoms with Gasteiger partial charge in [0, 0.05) is 16.3 Å². The Morgan fingerprint density at radius 1 is 1.03 bits per heavy atom. The summed E-state index contributed by atoms with van der Waals surface area (Å²) in [6, 6.07) is 9.54. The first kappa shape index (κ1) is 21.7. The predicted octanol–water partition coefficient (Wildman–Crippen LogP) is 1.43. The van der Waals surface area contributed by atoms with Crippen molar-refractivity contribution in [1.29, 1.82) is 0 Å². The molecule has 5 N–H and O–H groups in total. The van der Waals surface area contributed by atoms with Crippen LogP contribution in [0.3, 0.4) is 0 Å². The third kappa shape index (κ3) is 4.53. The summed E-state index contributed by atoms with van der Waals surface area (Å²) in [7, 11) is 0. The first-order valence-corrected chi connectivity index (χ1v) is 10.6. The van der Waals surface area contributed by atoms with E-state index in [9.17, 15) is 24.0 Å². The lowest BCUT2D eigenvalue weighted by Gasteiger charge is -2.23. The van der Waals surface area contributed by atoms with E-state index in [1.54, 1.807) is 18.2 Å². The fourth-order valence-electron chi connectivity index (χ4n) is 3.20. The third-order valence-corrected chi connectivity index (χ3v) is 6.19. The van der Waals surface area contributed by atoms with Crippen LogP contribution in [0, 0.1) is 0 Å². The molecule has 0 saturated heterocycles. The second-order valence-corrected chi connectivity index (χ2v) is 8.58. The van der Waals surface area contributed by atoms with Gasteiger partial charge >= 0.3 is 0 Å². The Morgan fingerprint density at radius 2 is 1.81 bits per heavy atom. The SMILES string of the molecule is O=C(CC1Sc2ccc(Cl)cc2NC1=O)NCC(=O)Nc1cccc2c(=O)[nH][nH]c(=O)c12. The van der Waals surface area contributed by atoms with Crippen molar-refractivity contribution in [3.8, 4) is 0 Å². The minimum absolute atomic E-state index is 0.0324. The molecule has 2 heterocycles. The highest BCUT2D eigenvalue weighted by Gasteiger charge is 2.29. The molecule has 12 heteroatoms. The summed E-state index contributed by atoms with van der Waals surface area (Å²) in [6.07, 6.45) is -0.130. The van der Waals surface area contributed by atoms with Gasteiger partial charge in [-0.3, -0.25) is 34.2 Å². The third-order valence-electron chi connectivity index (χ3n) is 4.68. The standard InChI is InChI=1S/C20H16ClN5O5S/c21-9-4-5-13-12(6-9)24-19(30)14(32-13)7-15(27)22-8-16(28)23-11-3-1-2-10-17(11)20(31)26-25-18(10)29/h1-6,14H,7-8H2,(H,22,27)(H,23,28)(H,24,30)(H,25,29)(H,26,31). The fourth-order valence-corrected chi connectivity index (χ4v) is 4.47. The number of aromatic nitrogens is 2. The number of halogens is 1. The monoisotopic (exact) mass is 473 g/mol. The second-order valence-electron chi connectivity index (χ2n) is 6.90. The summed E-state index contributed by atoms with van der Waals surface area (Å²) in [6.45, 7) is -0.373. The molecule has 3 amide bonds. The average molecular weight is 474 g/mol. The molecule has 1 aromatic heterocycles. The van der Waals surface area contributed by atoms with Crippen LogP contribution in [0.25, 0.3) is 10.8 Å².